The Labute approximate surface area is 108 Å². The number of likely N-dealkylation sites (N-methyl/N-ethyl adjacent to an activating group) is 1. The molecule has 0 aliphatic carbocycles. The number of anilines is 1. The first kappa shape index (κ1) is 12.3. The van der Waals surface area contributed by atoms with Crippen molar-refractivity contribution < 1.29 is 9.90 Å². The van der Waals surface area contributed by atoms with Crippen molar-refractivity contribution in [3.63, 3.8) is 0 Å². The zero-order chi connectivity index (χ0) is 12.4. The highest BCUT2D eigenvalue weighted by molar-refractivity contribution is 9.10. The van der Waals surface area contributed by atoms with Crippen LogP contribution in [0.2, 0.25) is 0 Å². The number of pyridine rings is 1. The third kappa shape index (κ3) is 2.76. The van der Waals surface area contributed by atoms with Gasteiger partial charge in [0.1, 0.15) is 5.82 Å². The number of piperazine rings is 1. The van der Waals surface area contributed by atoms with E-state index in [9.17, 15) is 4.79 Å². The number of rotatable bonds is 2. The molecule has 2 heterocycles. The van der Waals surface area contributed by atoms with E-state index >= 15 is 0 Å². The number of halogens is 1. The SMILES string of the molecule is CN1CCN(c2ncc(C(=O)O)cc2Br)CC1. The summed E-state index contributed by atoms with van der Waals surface area (Å²) in [6.07, 6.45) is 1.40. The van der Waals surface area contributed by atoms with Gasteiger partial charge in [-0.3, -0.25) is 0 Å². The summed E-state index contributed by atoms with van der Waals surface area (Å²) >= 11 is 3.38. The number of carbonyl (C=O) groups is 1. The van der Waals surface area contributed by atoms with Gasteiger partial charge in [0.15, 0.2) is 0 Å². The molecule has 0 spiro atoms. The summed E-state index contributed by atoms with van der Waals surface area (Å²) in [7, 11) is 2.09. The maximum atomic E-state index is 10.8. The molecule has 17 heavy (non-hydrogen) atoms. The first-order chi connectivity index (χ1) is 8.08. The predicted molar refractivity (Wildman–Crippen MR) is 68.6 cm³/mol. The van der Waals surface area contributed by atoms with Crippen molar-refractivity contribution in [3.05, 3.63) is 22.3 Å². The van der Waals surface area contributed by atoms with Crippen LogP contribution in [-0.4, -0.2) is 54.2 Å². The molecule has 0 aromatic carbocycles. The Morgan fingerprint density at radius 1 is 1.41 bits per heavy atom. The lowest BCUT2D eigenvalue weighted by Gasteiger charge is -2.33. The Bertz CT molecular complexity index is 431. The Morgan fingerprint density at radius 2 is 2.06 bits per heavy atom. The zero-order valence-electron chi connectivity index (χ0n) is 9.56. The lowest BCUT2D eigenvalue weighted by molar-refractivity contribution is 0.0696. The van der Waals surface area contributed by atoms with Crippen molar-refractivity contribution in [2.45, 2.75) is 0 Å². The van der Waals surface area contributed by atoms with E-state index < -0.39 is 5.97 Å². The monoisotopic (exact) mass is 299 g/mol. The second kappa shape index (κ2) is 5.01. The lowest BCUT2D eigenvalue weighted by Crippen LogP contribution is -2.45. The summed E-state index contributed by atoms with van der Waals surface area (Å²) in [6, 6.07) is 1.60. The standard InChI is InChI=1S/C11H14BrN3O2/c1-14-2-4-15(5-3-14)10-9(12)6-8(7-13-10)11(16)17/h6-7H,2-5H2,1H3,(H,16,17). The van der Waals surface area contributed by atoms with Crippen LogP contribution in [0.3, 0.4) is 0 Å². The van der Waals surface area contributed by atoms with E-state index in [4.69, 9.17) is 5.11 Å². The van der Waals surface area contributed by atoms with Crippen LogP contribution in [0.4, 0.5) is 5.82 Å². The normalized spacial score (nSPS) is 17.2. The molecule has 1 fully saturated rings. The van der Waals surface area contributed by atoms with E-state index in [-0.39, 0.29) is 5.56 Å². The quantitative estimate of drug-likeness (QED) is 0.892. The largest absolute Gasteiger partial charge is 0.478 e. The zero-order valence-corrected chi connectivity index (χ0v) is 11.1. The highest BCUT2D eigenvalue weighted by Gasteiger charge is 2.18. The van der Waals surface area contributed by atoms with Crippen molar-refractivity contribution in [1.29, 1.82) is 0 Å². The van der Waals surface area contributed by atoms with Gasteiger partial charge in [0.05, 0.1) is 10.0 Å². The number of aromatic nitrogens is 1. The van der Waals surface area contributed by atoms with Gasteiger partial charge in [0, 0.05) is 32.4 Å². The molecule has 1 saturated heterocycles. The summed E-state index contributed by atoms with van der Waals surface area (Å²) in [5.74, 6) is -0.133. The molecule has 0 radical (unpaired) electrons. The van der Waals surface area contributed by atoms with E-state index in [1.807, 2.05) is 0 Å². The molecule has 92 valence electrons. The number of carboxylic acid groups (broad SMARTS) is 1. The van der Waals surface area contributed by atoms with E-state index in [0.717, 1.165) is 36.5 Å². The fourth-order valence-electron chi connectivity index (χ4n) is 1.80. The summed E-state index contributed by atoms with van der Waals surface area (Å²) < 4.78 is 0.738. The van der Waals surface area contributed by atoms with Crippen molar-refractivity contribution in [2.24, 2.45) is 0 Å². The topological polar surface area (TPSA) is 56.7 Å². The molecule has 0 saturated carbocycles. The van der Waals surface area contributed by atoms with Crippen LogP contribution in [0.15, 0.2) is 16.7 Å². The smallest absolute Gasteiger partial charge is 0.337 e. The van der Waals surface area contributed by atoms with Gasteiger partial charge in [-0.05, 0) is 29.0 Å². The molecule has 6 heteroatoms. The first-order valence-corrected chi connectivity index (χ1v) is 6.19. The van der Waals surface area contributed by atoms with Crippen LogP contribution >= 0.6 is 15.9 Å². The summed E-state index contributed by atoms with van der Waals surface area (Å²) in [4.78, 5) is 19.5. The van der Waals surface area contributed by atoms with E-state index in [1.165, 1.54) is 6.20 Å². The van der Waals surface area contributed by atoms with Crippen LogP contribution in [0, 0.1) is 0 Å². The molecule has 0 atom stereocenters. The molecule has 2 rings (SSSR count). The number of carboxylic acids is 1. The molecule has 0 unspecified atom stereocenters. The van der Waals surface area contributed by atoms with Crippen molar-refractivity contribution in [1.82, 2.24) is 9.88 Å². The third-order valence-electron chi connectivity index (χ3n) is 2.87. The van der Waals surface area contributed by atoms with Gasteiger partial charge < -0.3 is 14.9 Å². The molecular weight excluding hydrogens is 286 g/mol. The average Bonchev–Trinajstić information content (AvgIpc) is 2.30. The van der Waals surface area contributed by atoms with Gasteiger partial charge >= 0.3 is 5.97 Å². The highest BCUT2D eigenvalue weighted by atomic mass is 79.9. The second-order valence-electron chi connectivity index (χ2n) is 4.12. The molecule has 0 bridgehead atoms. The molecule has 5 nitrogen and oxygen atoms in total. The van der Waals surface area contributed by atoms with Crippen LogP contribution < -0.4 is 4.90 Å². The fraction of sp³-hybridized carbons (Fsp3) is 0.455. The maximum Gasteiger partial charge on any atom is 0.337 e. The van der Waals surface area contributed by atoms with Gasteiger partial charge in [0.2, 0.25) is 0 Å². The molecule has 1 aromatic rings. The minimum Gasteiger partial charge on any atom is -0.478 e. The summed E-state index contributed by atoms with van der Waals surface area (Å²) in [6.45, 7) is 3.81. The average molecular weight is 300 g/mol. The van der Waals surface area contributed by atoms with Crippen LogP contribution in [0.1, 0.15) is 10.4 Å². The van der Waals surface area contributed by atoms with Crippen molar-refractivity contribution >= 4 is 27.7 Å². The van der Waals surface area contributed by atoms with Crippen molar-refractivity contribution in [3.8, 4) is 0 Å². The molecule has 1 aromatic heterocycles. The van der Waals surface area contributed by atoms with Crippen molar-refractivity contribution in [2.75, 3.05) is 38.1 Å². The first-order valence-electron chi connectivity index (χ1n) is 5.40. The summed E-state index contributed by atoms with van der Waals surface area (Å²) in [5, 5.41) is 8.86. The van der Waals surface area contributed by atoms with E-state index in [2.05, 4.69) is 37.8 Å². The molecule has 0 amide bonds. The second-order valence-corrected chi connectivity index (χ2v) is 4.98. The van der Waals surface area contributed by atoms with Gasteiger partial charge in [-0.15, -0.1) is 0 Å². The number of nitrogens with zero attached hydrogens (tertiary/aromatic N) is 3. The van der Waals surface area contributed by atoms with Gasteiger partial charge in [-0.2, -0.15) is 0 Å². The van der Waals surface area contributed by atoms with Gasteiger partial charge in [-0.1, -0.05) is 0 Å². The predicted octanol–water partition coefficient (Wildman–Crippen LogP) is 1.29. The third-order valence-corrected chi connectivity index (χ3v) is 3.46. The Hall–Kier alpha value is -1.14. The Kier molecular flexibility index (Phi) is 3.63. The molecule has 1 aliphatic rings. The minimum atomic E-state index is -0.955. The summed E-state index contributed by atoms with van der Waals surface area (Å²) in [5.41, 5.74) is 0.203. The molecule has 1 N–H and O–H groups in total. The fourth-order valence-corrected chi connectivity index (χ4v) is 2.40. The van der Waals surface area contributed by atoms with Gasteiger partial charge in [-0.25, -0.2) is 9.78 Å². The lowest BCUT2D eigenvalue weighted by atomic mass is 10.2. The maximum absolute atomic E-state index is 10.8. The van der Waals surface area contributed by atoms with Crippen LogP contribution in [0.25, 0.3) is 0 Å². The Balaban J connectivity index is 2.19. The Morgan fingerprint density at radius 3 is 2.59 bits per heavy atom. The highest BCUT2D eigenvalue weighted by Crippen LogP contribution is 2.25. The molecule has 1 aliphatic heterocycles. The van der Waals surface area contributed by atoms with Crippen LogP contribution in [-0.2, 0) is 0 Å². The van der Waals surface area contributed by atoms with Crippen LogP contribution in [0.5, 0.6) is 0 Å². The number of hydrogen-bond donors (Lipinski definition) is 1. The number of aromatic carboxylic acids is 1. The minimum absolute atomic E-state index is 0.203. The number of hydrogen-bond acceptors (Lipinski definition) is 4. The van der Waals surface area contributed by atoms with Gasteiger partial charge in [0.25, 0.3) is 0 Å². The van der Waals surface area contributed by atoms with E-state index in [0.29, 0.717) is 0 Å². The van der Waals surface area contributed by atoms with E-state index in [1.54, 1.807) is 6.07 Å². The molecular formula is C11H14BrN3O2.